The van der Waals surface area contributed by atoms with Gasteiger partial charge in [-0.25, -0.2) is 4.79 Å². The summed E-state index contributed by atoms with van der Waals surface area (Å²) in [6.07, 6.45) is 1.40. The number of nitriles is 1. The standard InChI is InChI=1S/C28H24BrN3O6/c1-3-37-24-15-18(14-23(29)26(24)38-17-25(33)31-21-7-5-4-6-8-21)13-20(16-30)27(34)32-22-11-9-19(10-12-22)28(35)36-2/h4-15H,3,17H2,1-2H3,(H,31,33)(H,32,34)/b20-13+. The third-order valence-electron chi connectivity index (χ3n) is 4.98. The second-order valence-corrected chi connectivity index (χ2v) is 8.51. The second-order valence-electron chi connectivity index (χ2n) is 7.66. The fourth-order valence-corrected chi connectivity index (χ4v) is 3.83. The quantitative estimate of drug-likeness (QED) is 0.192. The van der Waals surface area contributed by atoms with Crippen LogP contribution in [0.25, 0.3) is 6.08 Å². The number of carbonyl (C=O) groups is 3. The second kappa shape index (κ2) is 13.6. The van der Waals surface area contributed by atoms with Crippen molar-refractivity contribution in [3.63, 3.8) is 0 Å². The van der Waals surface area contributed by atoms with E-state index in [0.29, 0.717) is 45.1 Å². The van der Waals surface area contributed by atoms with E-state index < -0.39 is 11.9 Å². The molecule has 0 heterocycles. The predicted octanol–water partition coefficient (Wildman–Crippen LogP) is 5.20. The minimum atomic E-state index is -0.634. The lowest BCUT2D eigenvalue weighted by Crippen LogP contribution is -2.20. The zero-order chi connectivity index (χ0) is 27.5. The minimum Gasteiger partial charge on any atom is -0.490 e. The summed E-state index contributed by atoms with van der Waals surface area (Å²) in [5, 5.41) is 15.0. The number of rotatable bonds is 10. The van der Waals surface area contributed by atoms with Gasteiger partial charge in [-0.1, -0.05) is 18.2 Å². The number of nitrogens with zero attached hydrogens (tertiary/aromatic N) is 1. The van der Waals surface area contributed by atoms with Crippen molar-refractivity contribution < 1.29 is 28.6 Å². The number of benzene rings is 3. The number of esters is 1. The number of halogens is 1. The number of amides is 2. The van der Waals surface area contributed by atoms with Gasteiger partial charge < -0.3 is 24.8 Å². The van der Waals surface area contributed by atoms with Crippen LogP contribution in [0.5, 0.6) is 11.5 Å². The SMILES string of the molecule is CCOc1cc(/C=C(\C#N)C(=O)Nc2ccc(C(=O)OC)cc2)cc(Br)c1OCC(=O)Nc1ccccc1. The Kier molecular flexibility index (Phi) is 10.0. The molecule has 9 nitrogen and oxygen atoms in total. The summed E-state index contributed by atoms with van der Waals surface area (Å²) in [6, 6.07) is 20.2. The lowest BCUT2D eigenvalue weighted by molar-refractivity contribution is -0.118. The van der Waals surface area contributed by atoms with Crippen LogP contribution in [-0.2, 0) is 14.3 Å². The molecule has 3 rings (SSSR count). The molecule has 194 valence electrons. The highest BCUT2D eigenvalue weighted by Crippen LogP contribution is 2.37. The zero-order valence-corrected chi connectivity index (χ0v) is 22.2. The van der Waals surface area contributed by atoms with E-state index in [0.717, 1.165) is 0 Å². The first-order valence-corrected chi connectivity index (χ1v) is 12.2. The third-order valence-corrected chi connectivity index (χ3v) is 5.57. The molecule has 0 radical (unpaired) electrons. The molecule has 2 amide bonds. The largest absolute Gasteiger partial charge is 0.490 e. The Morgan fingerprint density at radius 2 is 1.66 bits per heavy atom. The first-order chi connectivity index (χ1) is 18.3. The smallest absolute Gasteiger partial charge is 0.337 e. The minimum absolute atomic E-state index is 0.160. The summed E-state index contributed by atoms with van der Waals surface area (Å²) >= 11 is 3.42. The number of nitrogens with one attached hydrogen (secondary N) is 2. The highest BCUT2D eigenvalue weighted by molar-refractivity contribution is 9.10. The van der Waals surface area contributed by atoms with Gasteiger partial charge in [-0.2, -0.15) is 5.26 Å². The van der Waals surface area contributed by atoms with E-state index in [1.54, 1.807) is 31.2 Å². The first-order valence-electron chi connectivity index (χ1n) is 11.4. The lowest BCUT2D eigenvalue weighted by atomic mass is 10.1. The number of carbonyl (C=O) groups excluding carboxylic acids is 3. The summed E-state index contributed by atoms with van der Waals surface area (Å²) in [5.74, 6) is -0.846. The van der Waals surface area contributed by atoms with E-state index in [2.05, 4.69) is 31.3 Å². The molecule has 0 aromatic heterocycles. The molecular weight excluding hydrogens is 554 g/mol. The normalized spacial score (nSPS) is 10.6. The average Bonchev–Trinajstić information content (AvgIpc) is 2.92. The Morgan fingerprint density at radius 1 is 0.974 bits per heavy atom. The van der Waals surface area contributed by atoms with E-state index in [4.69, 9.17) is 9.47 Å². The summed E-state index contributed by atoms with van der Waals surface area (Å²) < 4.78 is 16.5. The fraction of sp³-hybridized carbons (Fsp3) is 0.143. The molecule has 0 aliphatic carbocycles. The molecule has 38 heavy (non-hydrogen) atoms. The highest BCUT2D eigenvalue weighted by atomic mass is 79.9. The highest BCUT2D eigenvalue weighted by Gasteiger charge is 2.16. The number of methoxy groups -OCH3 is 1. The molecule has 0 fully saturated rings. The van der Waals surface area contributed by atoms with Crippen LogP contribution < -0.4 is 20.1 Å². The Bertz CT molecular complexity index is 1380. The van der Waals surface area contributed by atoms with E-state index in [1.807, 2.05) is 24.3 Å². The number of para-hydroxylation sites is 1. The zero-order valence-electron chi connectivity index (χ0n) is 20.6. The van der Waals surface area contributed by atoms with Crippen LogP contribution in [0, 0.1) is 11.3 Å². The van der Waals surface area contributed by atoms with Gasteiger partial charge in [0.15, 0.2) is 18.1 Å². The predicted molar refractivity (Wildman–Crippen MR) is 146 cm³/mol. The van der Waals surface area contributed by atoms with Gasteiger partial charge >= 0.3 is 5.97 Å². The molecule has 0 aliphatic rings. The molecule has 0 bridgehead atoms. The first kappa shape index (κ1) is 28.0. The summed E-state index contributed by atoms with van der Waals surface area (Å²) in [6.45, 7) is 1.85. The van der Waals surface area contributed by atoms with Crippen molar-refractivity contribution >= 4 is 51.2 Å². The van der Waals surface area contributed by atoms with Gasteiger partial charge in [-0.15, -0.1) is 0 Å². The fourth-order valence-electron chi connectivity index (χ4n) is 3.25. The molecule has 3 aromatic rings. The van der Waals surface area contributed by atoms with Gasteiger partial charge in [0.1, 0.15) is 11.6 Å². The van der Waals surface area contributed by atoms with Gasteiger partial charge in [0.25, 0.3) is 11.8 Å². The van der Waals surface area contributed by atoms with Crippen molar-refractivity contribution in [2.45, 2.75) is 6.92 Å². The van der Waals surface area contributed by atoms with E-state index >= 15 is 0 Å². The Hall–Kier alpha value is -4.62. The van der Waals surface area contributed by atoms with Gasteiger partial charge in [0.05, 0.1) is 23.8 Å². The summed E-state index contributed by atoms with van der Waals surface area (Å²) in [7, 11) is 1.28. The van der Waals surface area contributed by atoms with Gasteiger partial charge in [-0.05, 0) is 83.0 Å². The topological polar surface area (TPSA) is 127 Å². The van der Waals surface area contributed by atoms with Gasteiger partial charge in [0.2, 0.25) is 0 Å². The maximum absolute atomic E-state index is 12.7. The summed E-state index contributed by atoms with van der Waals surface area (Å²) in [4.78, 5) is 36.6. The van der Waals surface area contributed by atoms with Crippen molar-refractivity contribution in [3.8, 4) is 17.6 Å². The van der Waals surface area contributed by atoms with Crippen LogP contribution >= 0.6 is 15.9 Å². The van der Waals surface area contributed by atoms with E-state index in [-0.39, 0.29) is 18.1 Å². The number of hydrogen-bond acceptors (Lipinski definition) is 7. The Balaban J connectivity index is 1.75. The molecule has 2 N–H and O–H groups in total. The molecule has 0 aliphatic heterocycles. The third kappa shape index (κ3) is 7.69. The molecule has 0 atom stereocenters. The number of anilines is 2. The van der Waals surface area contributed by atoms with Crippen molar-refractivity contribution in [2.24, 2.45) is 0 Å². The maximum atomic E-state index is 12.7. The van der Waals surface area contributed by atoms with Gasteiger partial charge in [0, 0.05) is 11.4 Å². The van der Waals surface area contributed by atoms with Crippen LogP contribution in [-0.4, -0.2) is 38.1 Å². The van der Waals surface area contributed by atoms with Crippen LogP contribution in [0.3, 0.4) is 0 Å². The number of ether oxygens (including phenoxy) is 3. The van der Waals surface area contributed by atoms with Crippen molar-refractivity contribution in [2.75, 3.05) is 31.0 Å². The van der Waals surface area contributed by atoms with Gasteiger partial charge in [-0.3, -0.25) is 9.59 Å². The Morgan fingerprint density at radius 3 is 2.29 bits per heavy atom. The molecule has 0 unspecified atom stereocenters. The monoisotopic (exact) mass is 577 g/mol. The van der Waals surface area contributed by atoms with Crippen molar-refractivity contribution in [3.05, 3.63) is 87.9 Å². The summed E-state index contributed by atoms with van der Waals surface area (Å²) in [5.41, 5.74) is 1.71. The molecule has 0 saturated carbocycles. The molecule has 0 spiro atoms. The van der Waals surface area contributed by atoms with Crippen molar-refractivity contribution in [1.82, 2.24) is 0 Å². The molecule has 10 heteroatoms. The molecule has 3 aromatic carbocycles. The average molecular weight is 578 g/mol. The van der Waals surface area contributed by atoms with Crippen LogP contribution in [0.4, 0.5) is 11.4 Å². The van der Waals surface area contributed by atoms with E-state index in [1.165, 1.54) is 37.5 Å². The Labute approximate surface area is 228 Å². The lowest BCUT2D eigenvalue weighted by Gasteiger charge is -2.15. The van der Waals surface area contributed by atoms with Crippen LogP contribution in [0.2, 0.25) is 0 Å². The molecular formula is C28H24BrN3O6. The van der Waals surface area contributed by atoms with Crippen LogP contribution in [0.15, 0.2) is 76.8 Å². The molecule has 0 saturated heterocycles. The van der Waals surface area contributed by atoms with E-state index in [9.17, 15) is 19.6 Å². The van der Waals surface area contributed by atoms with Crippen molar-refractivity contribution in [1.29, 1.82) is 5.26 Å². The maximum Gasteiger partial charge on any atom is 0.337 e. The number of hydrogen-bond donors (Lipinski definition) is 2. The van der Waals surface area contributed by atoms with Crippen LogP contribution in [0.1, 0.15) is 22.8 Å².